The van der Waals surface area contributed by atoms with E-state index in [2.05, 4.69) is 26.2 Å². The standard InChI is InChI=1S/C35H34F2N8O2S/c36-26-5-4-23(28-25(11-39)32(40)48-31(26)28)27-18(10-38)8-24-30(29(27)37)42-34(43-33(24)44-12-19-2-3-20(13-44)41-19)47-17-35(6-1-7-35)16-45-14-22-9-21(45)15-46-22/h4-5,8,19-22,41H,1-3,6-7,9,12-17,40H2/t19?,20?,21-,22-/m0/s1. The molecule has 4 bridgehead atoms. The molecule has 9 rings (SSSR count). The Hall–Kier alpha value is -4.14. The highest BCUT2D eigenvalue weighted by Gasteiger charge is 2.46. The average molecular weight is 669 g/mol. The normalized spacial score (nSPS) is 25.8. The van der Waals surface area contributed by atoms with Crippen LogP contribution >= 0.6 is 11.3 Å². The van der Waals surface area contributed by atoms with Crippen molar-refractivity contribution in [1.82, 2.24) is 20.2 Å². The van der Waals surface area contributed by atoms with Crippen LogP contribution in [0.3, 0.4) is 0 Å². The molecular formula is C35H34F2N8O2S. The smallest absolute Gasteiger partial charge is 0.319 e. The summed E-state index contributed by atoms with van der Waals surface area (Å²) in [5.74, 6) is -0.781. The zero-order chi connectivity index (χ0) is 32.7. The lowest BCUT2D eigenvalue weighted by molar-refractivity contribution is -0.0277. The summed E-state index contributed by atoms with van der Waals surface area (Å²) in [6.45, 7) is 4.46. The SMILES string of the molecule is N#Cc1cc2c(N3CC4CCC(C3)N4)nc(OCC3(CN4C[C@@H]5C[C@H]4CO5)CCC3)nc2c(F)c1-c1ccc(F)c2sc(N)c(C#N)c12. The van der Waals surface area contributed by atoms with Crippen LogP contribution in [-0.2, 0) is 4.74 Å². The number of morpholine rings is 1. The molecule has 13 heteroatoms. The van der Waals surface area contributed by atoms with Gasteiger partial charge in [0.1, 0.15) is 28.2 Å². The van der Waals surface area contributed by atoms with Gasteiger partial charge in [0.25, 0.3) is 0 Å². The number of hydrogen-bond acceptors (Lipinski definition) is 11. The fourth-order valence-corrected chi connectivity index (χ4v) is 9.62. The first kappa shape index (κ1) is 30.0. The van der Waals surface area contributed by atoms with Gasteiger partial charge in [-0.25, -0.2) is 8.78 Å². The lowest BCUT2D eigenvalue weighted by atomic mass is 9.69. The fraction of sp³-hybridized carbons (Fsp3) is 0.486. The molecule has 0 radical (unpaired) electrons. The van der Waals surface area contributed by atoms with E-state index in [0.29, 0.717) is 43.0 Å². The molecule has 4 aliphatic heterocycles. The topological polar surface area (TPSA) is 136 Å². The second kappa shape index (κ2) is 11.2. The van der Waals surface area contributed by atoms with E-state index in [-0.39, 0.29) is 66.4 Å². The lowest BCUT2D eigenvalue weighted by Crippen LogP contribution is -2.51. The zero-order valence-corrected chi connectivity index (χ0v) is 27.1. The molecular weight excluding hydrogens is 635 g/mol. The molecule has 246 valence electrons. The van der Waals surface area contributed by atoms with Crippen LogP contribution in [0, 0.1) is 39.7 Å². The summed E-state index contributed by atoms with van der Waals surface area (Å²) in [5, 5.41) is 24.6. The third-order valence-corrected chi connectivity index (χ3v) is 12.2. The maximum Gasteiger partial charge on any atom is 0.319 e. The number of rotatable bonds is 7. The highest BCUT2D eigenvalue weighted by atomic mass is 32.1. The minimum Gasteiger partial charge on any atom is -0.463 e. The van der Waals surface area contributed by atoms with Gasteiger partial charge in [-0.05, 0) is 49.8 Å². The molecule has 1 saturated carbocycles. The Morgan fingerprint density at radius 2 is 1.94 bits per heavy atom. The number of fused-ring (bicyclic) bond motifs is 6. The van der Waals surface area contributed by atoms with E-state index in [1.54, 1.807) is 6.07 Å². The molecule has 6 heterocycles. The number of ether oxygens (including phenoxy) is 2. The van der Waals surface area contributed by atoms with Gasteiger partial charge in [-0.2, -0.15) is 20.5 Å². The maximum atomic E-state index is 17.1. The molecule has 2 aromatic heterocycles. The second-order valence-electron chi connectivity index (χ2n) is 14.2. The molecule has 4 atom stereocenters. The van der Waals surface area contributed by atoms with Gasteiger partial charge in [0.05, 0.1) is 41.2 Å². The number of nitriles is 2. The number of hydrogen-bond donors (Lipinski definition) is 2. The van der Waals surface area contributed by atoms with Gasteiger partial charge in [0.15, 0.2) is 5.82 Å². The number of anilines is 2. The van der Waals surface area contributed by atoms with Crippen LogP contribution in [0.25, 0.3) is 32.1 Å². The molecule has 10 nitrogen and oxygen atoms in total. The predicted molar refractivity (Wildman–Crippen MR) is 178 cm³/mol. The number of likely N-dealkylation sites (tertiary alicyclic amines) is 1. The molecule has 4 saturated heterocycles. The van der Waals surface area contributed by atoms with Gasteiger partial charge >= 0.3 is 6.01 Å². The first-order valence-electron chi connectivity index (χ1n) is 16.7. The number of nitrogens with one attached hydrogen (secondary N) is 1. The Labute approximate surface area is 280 Å². The molecule has 2 aromatic carbocycles. The van der Waals surface area contributed by atoms with Crippen molar-refractivity contribution in [3.8, 4) is 29.3 Å². The van der Waals surface area contributed by atoms with Crippen molar-refractivity contribution in [2.24, 2.45) is 5.41 Å². The van der Waals surface area contributed by atoms with Crippen molar-refractivity contribution < 1.29 is 18.3 Å². The van der Waals surface area contributed by atoms with E-state index in [9.17, 15) is 14.9 Å². The number of thiophene rings is 1. The Balaban J connectivity index is 1.16. The maximum absolute atomic E-state index is 17.1. The van der Waals surface area contributed by atoms with Crippen molar-refractivity contribution in [2.75, 3.05) is 50.0 Å². The summed E-state index contributed by atoms with van der Waals surface area (Å²) in [5.41, 5.74) is 6.34. The van der Waals surface area contributed by atoms with Crippen molar-refractivity contribution in [2.45, 2.75) is 62.8 Å². The number of nitrogen functional groups attached to an aromatic ring is 1. The highest BCUT2D eigenvalue weighted by molar-refractivity contribution is 7.23. The predicted octanol–water partition coefficient (Wildman–Crippen LogP) is 5.08. The Kier molecular flexibility index (Phi) is 6.99. The minimum absolute atomic E-state index is 0.0192. The Morgan fingerprint density at radius 3 is 2.60 bits per heavy atom. The number of halogens is 2. The molecule has 2 unspecified atom stereocenters. The summed E-state index contributed by atoms with van der Waals surface area (Å²) in [6.07, 6.45) is 6.72. The van der Waals surface area contributed by atoms with E-state index < -0.39 is 11.6 Å². The molecule has 48 heavy (non-hydrogen) atoms. The number of piperazine rings is 1. The van der Waals surface area contributed by atoms with Gasteiger partial charge < -0.3 is 25.4 Å². The lowest BCUT2D eigenvalue weighted by Gasteiger charge is -2.45. The van der Waals surface area contributed by atoms with Gasteiger partial charge in [-0.3, -0.25) is 4.90 Å². The quantitative estimate of drug-likeness (QED) is 0.275. The number of nitrogens with zero attached hydrogens (tertiary/aromatic N) is 6. The van der Waals surface area contributed by atoms with E-state index in [4.69, 9.17) is 20.2 Å². The van der Waals surface area contributed by atoms with Crippen molar-refractivity contribution >= 4 is 43.1 Å². The van der Waals surface area contributed by atoms with Crippen LogP contribution in [0.15, 0.2) is 18.2 Å². The first-order chi connectivity index (χ1) is 23.3. The summed E-state index contributed by atoms with van der Waals surface area (Å²) in [6, 6.07) is 9.56. The van der Waals surface area contributed by atoms with Crippen molar-refractivity contribution in [1.29, 1.82) is 10.5 Å². The third kappa shape index (κ3) is 4.71. The molecule has 4 aromatic rings. The minimum atomic E-state index is -0.747. The summed E-state index contributed by atoms with van der Waals surface area (Å²) < 4.78 is 44.5. The van der Waals surface area contributed by atoms with Gasteiger partial charge in [-0.15, -0.1) is 11.3 Å². The molecule has 0 amide bonds. The van der Waals surface area contributed by atoms with E-state index in [1.165, 1.54) is 12.1 Å². The van der Waals surface area contributed by atoms with E-state index >= 15 is 4.39 Å². The van der Waals surface area contributed by atoms with Crippen LogP contribution in [0.2, 0.25) is 0 Å². The summed E-state index contributed by atoms with van der Waals surface area (Å²) in [7, 11) is 0. The summed E-state index contributed by atoms with van der Waals surface area (Å²) in [4.78, 5) is 14.3. The fourth-order valence-electron chi connectivity index (χ4n) is 8.67. The van der Waals surface area contributed by atoms with Crippen LogP contribution in [0.1, 0.15) is 49.7 Å². The van der Waals surface area contributed by atoms with Gasteiger partial charge in [-0.1, -0.05) is 12.5 Å². The van der Waals surface area contributed by atoms with Crippen LogP contribution < -0.4 is 20.7 Å². The Bertz CT molecular complexity index is 2060. The van der Waals surface area contributed by atoms with Crippen LogP contribution in [0.5, 0.6) is 6.01 Å². The van der Waals surface area contributed by atoms with E-state index in [1.807, 2.05) is 6.07 Å². The number of benzene rings is 2. The van der Waals surface area contributed by atoms with Crippen molar-refractivity contribution in [3.63, 3.8) is 0 Å². The van der Waals surface area contributed by atoms with Gasteiger partial charge in [0.2, 0.25) is 0 Å². The first-order valence-corrected chi connectivity index (χ1v) is 17.5. The monoisotopic (exact) mass is 668 g/mol. The largest absolute Gasteiger partial charge is 0.463 e. The number of aromatic nitrogens is 2. The molecule has 1 aliphatic carbocycles. The van der Waals surface area contributed by atoms with E-state index in [0.717, 1.165) is 69.6 Å². The molecule has 5 aliphatic rings. The molecule has 3 N–H and O–H groups in total. The average Bonchev–Trinajstić information content (AvgIpc) is 3.86. The third-order valence-electron chi connectivity index (χ3n) is 11.2. The van der Waals surface area contributed by atoms with Crippen LogP contribution in [-0.4, -0.2) is 78.5 Å². The zero-order valence-electron chi connectivity index (χ0n) is 26.3. The number of nitrogens with two attached hydrogens (primary N) is 1. The highest BCUT2D eigenvalue weighted by Crippen LogP contribution is 2.46. The molecule has 5 fully saturated rings. The van der Waals surface area contributed by atoms with Gasteiger partial charge in [0, 0.05) is 66.1 Å². The second-order valence-corrected chi connectivity index (χ2v) is 15.2. The Morgan fingerprint density at radius 1 is 1.12 bits per heavy atom. The summed E-state index contributed by atoms with van der Waals surface area (Å²) >= 11 is 0.929. The van der Waals surface area contributed by atoms with Crippen LogP contribution in [0.4, 0.5) is 19.6 Å². The van der Waals surface area contributed by atoms with Crippen molar-refractivity contribution in [3.05, 3.63) is 41.0 Å². The molecule has 0 spiro atoms.